The van der Waals surface area contributed by atoms with Crippen molar-refractivity contribution in [3.8, 4) is 0 Å². The van der Waals surface area contributed by atoms with Crippen LogP contribution in [0.15, 0.2) is 22.6 Å². The minimum absolute atomic E-state index is 0.709. The monoisotopic (exact) mass is 292 g/mol. The van der Waals surface area contributed by atoms with Gasteiger partial charge in [-0.1, -0.05) is 11.6 Å². The molecule has 0 fully saturated rings. The molecule has 2 rings (SSSR count). The van der Waals surface area contributed by atoms with Gasteiger partial charge in [0.2, 0.25) is 0 Å². The topological polar surface area (TPSA) is 13.1 Å². The number of fused-ring (bicyclic) bond motifs is 1. The standard InChI is InChI=1S/C9H6ClIO/c1-5-4-6-2-3-7(11)8(10)9(6)12-5/h2-4H,1H3. The first-order valence-electron chi connectivity index (χ1n) is 3.52. The highest BCUT2D eigenvalue weighted by Gasteiger charge is 2.07. The molecule has 3 heteroatoms. The molecule has 1 heterocycles. The van der Waals surface area contributed by atoms with Crippen molar-refractivity contribution in [1.82, 2.24) is 0 Å². The summed E-state index contributed by atoms with van der Waals surface area (Å²) in [5.41, 5.74) is 0.793. The van der Waals surface area contributed by atoms with Crippen molar-refractivity contribution in [3.05, 3.63) is 32.6 Å². The Morgan fingerprint density at radius 2 is 2.17 bits per heavy atom. The molecule has 1 aromatic heterocycles. The number of halogens is 2. The third-order valence-corrected chi connectivity index (χ3v) is 3.30. The summed E-state index contributed by atoms with van der Waals surface area (Å²) in [4.78, 5) is 0. The van der Waals surface area contributed by atoms with Crippen molar-refractivity contribution in [2.75, 3.05) is 0 Å². The molecule has 62 valence electrons. The number of rotatable bonds is 0. The van der Waals surface area contributed by atoms with Crippen LogP contribution in [-0.4, -0.2) is 0 Å². The molecule has 1 nitrogen and oxygen atoms in total. The Morgan fingerprint density at radius 1 is 1.42 bits per heavy atom. The van der Waals surface area contributed by atoms with Crippen LogP contribution in [0.2, 0.25) is 5.02 Å². The fourth-order valence-electron chi connectivity index (χ4n) is 1.17. The number of hydrogen-bond donors (Lipinski definition) is 0. The van der Waals surface area contributed by atoms with Gasteiger partial charge in [0.05, 0.1) is 5.02 Å². The lowest BCUT2D eigenvalue weighted by Gasteiger charge is -1.94. The Hall–Kier alpha value is -0.220. The lowest BCUT2D eigenvalue weighted by Crippen LogP contribution is -1.72. The summed E-state index contributed by atoms with van der Waals surface area (Å²) in [6.45, 7) is 1.92. The lowest BCUT2D eigenvalue weighted by molar-refractivity contribution is 0.578. The molecule has 0 saturated heterocycles. The summed E-state index contributed by atoms with van der Waals surface area (Å²) in [6, 6.07) is 5.98. The Morgan fingerprint density at radius 3 is 2.92 bits per heavy atom. The van der Waals surface area contributed by atoms with Gasteiger partial charge in [-0.05, 0) is 47.7 Å². The zero-order chi connectivity index (χ0) is 8.72. The van der Waals surface area contributed by atoms with Gasteiger partial charge < -0.3 is 4.42 Å². The van der Waals surface area contributed by atoms with Crippen molar-refractivity contribution in [3.63, 3.8) is 0 Å². The largest absolute Gasteiger partial charge is 0.460 e. The summed E-state index contributed by atoms with van der Waals surface area (Å²) in [5, 5.41) is 1.78. The van der Waals surface area contributed by atoms with Gasteiger partial charge >= 0.3 is 0 Å². The minimum atomic E-state index is 0.709. The van der Waals surface area contributed by atoms with Crippen molar-refractivity contribution in [1.29, 1.82) is 0 Å². The maximum atomic E-state index is 6.04. The molecular weight excluding hydrogens is 286 g/mol. The number of hydrogen-bond acceptors (Lipinski definition) is 1. The molecule has 0 aliphatic heterocycles. The summed E-state index contributed by atoms with van der Waals surface area (Å²) >= 11 is 8.23. The highest BCUT2D eigenvalue weighted by molar-refractivity contribution is 14.1. The fourth-order valence-corrected chi connectivity index (χ4v) is 1.81. The van der Waals surface area contributed by atoms with Crippen LogP contribution in [0.3, 0.4) is 0 Å². The molecule has 12 heavy (non-hydrogen) atoms. The van der Waals surface area contributed by atoms with Crippen LogP contribution in [0.5, 0.6) is 0 Å². The van der Waals surface area contributed by atoms with Crippen LogP contribution in [0.25, 0.3) is 11.0 Å². The first-order chi connectivity index (χ1) is 5.68. The molecule has 0 spiro atoms. The van der Waals surface area contributed by atoms with Crippen LogP contribution in [0, 0.1) is 10.5 Å². The zero-order valence-corrected chi connectivity index (χ0v) is 9.31. The molecule has 0 N–H and O–H groups in total. The Balaban J connectivity index is 2.89. The van der Waals surface area contributed by atoms with E-state index in [2.05, 4.69) is 22.6 Å². The van der Waals surface area contributed by atoms with Crippen LogP contribution >= 0.6 is 34.2 Å². The van der Waals surface area contributed by atoms with E-state index >= 15 is 0 Å². The van der Waals surface area contributed by atoms with Crippen molar-refractivity contribution < 1.29 is 4.42 Å². The summed E-state index contributed by atoms with van der Waals surface area (Å²) < 4.78 is 6.47. The Labute approximate surface area is 88.8 Å². The van der Waals surface area contributed by atoms with E-state index in [9.17, 15) is 0 Å². The van der Waals surface area contributed by atoms with Gasteiger partial charge in [0, 0.05) is 8.96 Å². The predicted molar refractivity (Wildman–Crippen MR) is 58.7 cm³/mol. The molecule has 2 aromatic rings. The number of aryl methyl sites for hydroxylation is 1. The zero-order valence-electron chi connectivity index (χ0n) is 6.40. The number of furan rings is 1. The Kier molecular flexibility index (Phi) is 2.04. The molecule has 0 aliphatic rings. The van der Waals surface area contributed by atoms with Crippen LogP contribution in [0.4, 0.5) is 0 Å². The minimum Gasteiger partial charge on any atom is -0.460 e. The fraction of sp³-hybridized carbons (Fsp3) is 0.111. The van der Waals surface area contributed by atoms with Crippen LogP contribution in [0.1, 0.15) is 5.76 Å². The second kappa shape index (κ2) is 2.92. The molecule has 0 bridgehead atoms. The van der Waals surface area contributed by atoms with Gasteiger partial charge in [-0.25, -0.2) is 0 Å². The van der Waals surface area contributed by atoms with Gasteiger partial charge in [0.15, 0.2) is 5.58 Å². The summed E-state index contributed by atoms with van der Waals surface area (Å²) in [6.07, 6.45) is 0. The average molecular weight is 293 g/mol. The van der Waals surface area contributed by atoms with E-state index in [0.29, 0.717) is 5.02 Å². The molecule has 0 amide bonds. The third-order valence-electron chi connectivity index (χ3n) is 1.70. The smallest absolute Gasteiger partial charge is 0.153 e. The van der Waals surface area contributed by atoms with E-state index in [4.69, 9.17) is 16.0 Å². The molecule has 1 aromatic carbocycles. The Bertz CT molecular complexity index is 433. The molecule has 0 saturated carbocycles. The third kappa shape index (κ3) is 1.23. The quantitative estimate of drug-likeness (QED) is 0.669. The van der Waals surface area contributed by atoms with Gasteiger partial charge in [0.1, 0.15) is 5.76 Å². The molecule has 0 unspecified atom stereocenters. The van der Waals surface area contributed by atoms with E-state index in [0.717, 1.165) is 20.3 Å². The molecule has 0 atom stereocenters. The summed E-state index contributed by atoms with van der Waals surface area (Å²) in [7, 11) is 0. The molecule has 0 aliphatic carbocycles. The second-order valence-electron chi connectivity index (χ2n) is 2.64. The van der Waals surface area contributed by atoms with Crippen LogP contribution < -0.4 is 0 Å². The van der Waals surface area contributed by atoms with E-state index in [1.165, 1.54) is 0 Å². The summed E-state index contributed by atoms with van der Waals surface area (Å²) in [5.74, 6) is 0.897. The average Bonchev–Trinajstić information content (AvgIpc) is 2.39. The van der Waals surface area contributed by atoms with Crippen LogP contribution in [-0.2, 0) is 0 Å². The normalized spacial score (nSPS) is 10.9. The molecular formula is C9H6ClIO. The van der Waals surface area contributed by atoms with Gasteiger partial charge in [0.25, 0.3) is 0 Å². The highest BCUT2D eigenvalue weighted by atomic mass is 127. The maximum absolute atomic E-state index is 6.04. The SMILES string of the molecule is Cc1cc2ccc(I)c(Cl)c2o1. The van der Waals surface area contributed by atoms with E-state index in [1.54, 1.807) is 0 Å². The van der Waals surface area contributed by atoms with Crippen molar-refractivity contribution in [2.45, 2.75) is 6.92 Å². The van der Waals surface area contributed by atoms with E-state index in [-0.39, 0.29) is 0 Å². The predicted octanol–water partition coefficient (Wildman–Crippen LogP) is 4.00. The van der Waals surface area contributed by atoms with Crippen molar-refractivity contribution in [2.24, 2.45) is 0 Å². The van der Waals surface area contributed by atoms with E-state index < -0.39 is 0 Å². The van der Waals surface area contributed by atoms with Gasteiger partial charge in [-0.3, -0.25) is 0 Å². The first kappa shape index (κ1) is 8.38. The second-order valence-corrected chi connectivity index (χ2v) is 4.18. The lowest BCUT2D eigenvalue weighted by atomic mass is 10.2. The van der Waals surface area contributed by atoms with Crippen molar-refractivity contribution >= 4 is 45.2 Å². The van der Waals surface area contributed by atoms with Gasteiger partial charge in [-0.2, -0.15) is 0 Å². The molecule has 0 radical (unpaired) electrons. The maximum Gasteiger partial charge on any atom is 0.153 e. The highest BCUT2D eigenvalue weighted by Crippen LogP contribution is 2.30. The number of benzene rings is 1. The first-order valence-corrected chi connectivity index (χ1v) is 4.98. The van der Waals surface area contributed by atoms with Gasteiger partial charge in [-0.15, -0.1) is 0 Å². The van der Waals surface area contributed by atoms with E-state index in [1.807, 2.05) is 25.1 Å².